The van der Waals surface area contributed by atoms with E-state index in [4.69, 9.17) is 0 Å². The molecule has 0 amide bonds. The van der Waals surface area contributed by atoms with Gasteiger partial charge in [-0.25, -0.2) is 0 Å². The molecule has 1 heterocycles. The molecular formula is C17H34N6. The van der Waals surface area contributed by atoms with Gasteiger partial charge in [-0.1, -0.05) is 0 Å². The summed E-state index contributed by atoms with van der Waals surface area (Å²) >= 11 is 0. The molecular weight excluding hydrogens is 288 g/mol. The van der Waals surface area contributed by atoms with E-state index in [0.29, 0.717) is 12.1 Å². The minimum atomic E-state index is 0.545. The number of nitrogens with one attached hydrogen (secondary N) is 2. The molecule has 1 aromatic heterocycles. The molecule has 1 aromatic rings. The van der Waals surface area contributed by atoms with Crippen LogP contribution >= 0.6 is 0 Å². The molecule has 0 radical (unpaired) electrons. The average molecular weight is 323 g/mol. The molecule has 2 N–H and O–H groups in total. The van der Waals surface area contributed by atoms with Gasteiger partial charge in [0.15, 0.2) is 5.96 Å². The number of aryl methyl sites for hydroxylation is 1. The first-order chi connectivity index (χ1) is 10.9. The van der Waals surface area contributed by atoms with Gasteiger partial charge in [-0.2, -0.15) is 5.10 Å². The lowest BCUT2D eigenvalue weighted by Crippen LogP contribution is -2.41. The van der Waals surface area contributed by atoms with Crippen molar-refractivity contribution in [3.05, 3.63) is 18.0 Å². The molecule has 0 atom stereocenters. The zero-order valence-electron chi connectivity index (χ0n) is 15.6. The molecule has 6 heteroatoms. The highest BCUT2D eigenvalue weighted by atomic mass is 15.3. The van der Waals surface area contributed by atoms with Gasteiger partial charge in [0.25, 0.3) is 0 Å². The van der Waals surface area contributed by atoms with Crippen molar-refractivity contribution in [3.8, 4) is 0 Å². The van der Waals surface area contributed by atoms with Crippen LogP contribution in [-0.4, -0.2) is 58.9 Å². The Hall–Kier alpha value is -1.56. The van der Waals surface area contributed by atoms with E-state index in [0.717, 1.165) is 38.7 Å². The van der Waals surface area contributed by atoms with Gasteiger partial charge in [0.2, 0.25) is 0 Å². The third-order valence-electron chi connectivity index (χ3n) is 3.69. The number of hydrogen-bond donors (Lipinski definition) is 2. The van der Waals surface area contributed by atoms with Crippen molar-refractivity contribution in [3.63, 3.8) is 0 Å². The number of nitrogens with zero attached hydrogens (tertiary/aromatic N) is 4. The summed E-state index contributed by atoms with van der Waals surface area (Å²) < 4.78 is 1.95. The van der Waals surface area contributed by atoms with Gasteiger partial charge in [0, 0.05) is 37.9 Å². The SMILES string of the molecule is CCNC(=NCCN(C(C)C)C(C)C)NCCn1cc(C)cn1. The zero-order valence-corrected chi connectivity index (χ0v) is 15.6. The summed E-state index contributed by atoms with van der Waals surface area (Å²) in [6.07, 6.45) is 3.93. The van der Waals surface area contributed by atoms with E-state index in [1.165, 1.54) is 5.56 Å². The Labute approximate surface area is 141 Å². The van der Waals surface area contributed by atoms with Gasteiger partial charge in [-0.15, -0.1) is 0 Å². The molecule has 0 aromatic carbocycles. The van der Waals surface area contributed by atoms with Crippen molar-refractivity contribution in [2.45, 2.75) is 60.2 Å². The Kier molecular flexibility index (Phi) is 8.69. The van der Waals surface area contributed by atoms with Crippen LogP contribution in [0.25, 0.3) is 0 Å². The second kappa shape index (κ2) is 10.3. The highest BCUT2D eigenvalue weighted by molar-refractivity contribution is 5.79. The van der Waals surface area contributed by atoms with E-state index in [1.54, 1.807) is 0 Å². The number of hydrogen-bond acceptors (Lipinski definition) is 3. The van der Waals surface area contributed by atoms with Crippen LogP contribution in [-0.2, 0) is 6.54 Å². The fourth-order valence-electron chi connectivity index (χ4n) is 2.61. The number of aromatic nitrogens is 2. The predicted octanol–water partition coefficient (Wildman–Crippen LogP) is 1.87. The molecule has 6 nitrogen and oxygen atoms in total. The lowest BCUT2D eigenvalue weighted by molar-refractivity contribution is 0.181. The van der Waals surface area contributed by atoms with Crippen LogP contribution in [0.2, 0.25) is 0 Å². The highest BCUT2D eigenvalue weighted by Crippen LogP contribution is 2.03. The summed E-state index contributed by atoms with van der Waals surface area (Å²) in [6, 6.07) is 1.09. The molecule has 0 saturated heterocycles. The van der Waals surface area contributed by atoms with Crippen molar-refractivity contribution in [1.82, 2.24) is 25.3 Å². The van der Waals surface area contributed by atoms with Crippen LogP contribution in [0.4, 0.5) is 0 Å². The van der Waals surface area contributed by atoms with Crippen LogP contribution < -0.4 is 10.6 Å². The van der Waals surface area contributed by atoms with E-state index < -0.39 is 0 Å². The second-order valence-corrected chi connectivity index (χ2v) is 6.39. The normalized spacial score (nSPS) is 12.5. The average Bonchev–Trinajstić information content (AvgIpc) is 2.88. The smallest absolute Gasteiger partial charge is 0.191 e. The van der Waals surface area contributed by atoms with E-state index in [-0.39, 0.29) is 0 Å². The summed E-state index contributed by atoms with van der Waals surface area (Å²) in [5, 5.41) is 11.0. The van der Waals surface area contributed by atoms with Crippen LogP contribution in [0.5, 0.6) is 0 Å². The number of rotatable bonds is 9. The summed E-state index contributed by atoms with van der Waals surface area (Å²) in [7, 11) is 0. The van der Waals surface area contributed by atoms with E-state index in [1.807, 2.05) is 10.9 Å². The summed E-state index contributed by atoms with van der Waals surface area (Å²) in [6.45, 7) is 17.4. The van der Waals surface area contributed by atoms with E-state index in [2.05, 4.69) is 73.4 Å². The molecule has 0 saturated carbocycles. The lowest BCUT2D eigenvalue weighted by Gasteiger charge is -2.29. The maximum Gasteiger partial charge on any atom is 0.191 e. The van der Waals surface area contributed by atoms with Gasteiger partial charge >= 0.3 is 0 Å². The molecule has 0 unspecified atom stereocenters. The third kappa shape index (κ3) is 7.50. The Morgan fingerprint density at radius 3 is 2.48 bits per heavy atom. The molecule has 23 heavy (non-hydrogen) atoms. The van der Waals surface area contributed by atoms with Crippen molar-refractivity contribution in [2.24, 2.45) is 4.99 Å². The first kappa shape index (κ1) is 19.5. The van der Waals surface area contributed by atoms with Gasteiger partial charge in [0.05, 0.1) is 19.3 Å². The van der Waals surface area contributed by atoms with Crippen molar-refractivity contribution in [2.75, 3.05) is 26.2 Å². The number of guanidine groups is 1. The fraction of sp³-hybridized carbons (Fsp3) is 0.765. The first-order valence-corrected chi connectivity index (χ1v) is 8.71. The van der Waals surface area contributed by atoms with Crippen LogP contribution in [0.3, 0.4) is 0 Å². The quantitative estimate of drug-likeness (QED) is 0.538. The van der Waals surface area contributed by atoms with Crippen LogP contribution in [0.1, 0.15) is 40.2 Å². The Balaban J connectivity index is 2.43. The van der Waals surface area contributed by atoms with Crippen molar-refractivity contribution >= 4 is 5.96 Å². The second-order valence-electron chi connectivity index (χ2n) is 6.39. The molecule has 132 valence electrons. The van der Waals surface area contributed by atoms with E-state index in [9.17, 15) is 0 Å². The standard InChI is InChI=1S/C17H34N6/c1-7-18-17(19-8-10-22-13-16(6)12-21-22)20-9-11-23(14(2)3)15(4)5/h12-15H,7-11H2,1-6H3,(H2,18,19,20). The van der Waals surface area contributed by atoms with Crippen molar-refractivity contribution < 1.29 is 0 Å². The topological polar surface area (TPSA) is 57.5 Å². The Bertz CT molecular complexity index is 455. The fourth-order valence-corrected chi connectivity index (χ4v) is 2.61. The van der Waals surface area contributed by atoms with Gasteiger partial charge in [-0.3, -0.25) is 14.6 Å². The molecule has 0 fully saturated rings. The van der Waals surface area contributed by atoms with Crippen molar-refractivity contribution in [1.29, 1.82) is 0 Å². The molecule has 0 aliphatic heterocycles. The largest absolute Gasteiger partial charge is 0.357 e. The van der Waals surface area contributed by atoms with Crippen LogP contribution in [0.15, 0.2) is 17.4 Å². The Morgan fingerprint density at radius 2 is 1.96 bits per heavy atom. The zero-order chi connectivity index (χ0) is 17.2. The predicted molar refractivity (Wildman–Crippen MR) is 97.9 cm³/mol. The first-order valence-electron chi connectivity index (χ1n) is 8.71. The van der Waals surface area contributed by atoms with E-state index >= 15 is 0 Å². The molecule has 0 bridgehead atoms. The highest BCUT2D eigenvalue weighted by Gasteiger charge is 2.12. The lowest BCUT2D eigenvalue weighted by atomic mass is 10.2. The van der Waals surface area contributed by atoms with Gasteiger partial charge < -0.3 is 10.6 Å². The Morgan fingerprint density at radius 1 is 1.26 bits per heavy atom. The monoisotopic (exact) mass is 322 g/mol. The molecule has 1 rings (SSSR count). The van der Waals surface area contributed by atoms with Gasteiger partial charge in [0.1, 0.15) is 0 Å². The maximum absolute atomic E-state index is 4.68. The number of aliphatic imine (C=N–C) groups is 1. The molecule has 0 spiro atoms. The minimum absolute atomic E-state index is 0.545. The molecule has 0 aliphatic rings. The molecule has 0 aliphatic carbocycles. The van der Waals surface area contributed by atoms with Gasteiger partial charge in [-0.05, 0) is 47.1 Å². The third-order valence-corrected chi connectivity index (χ3v) is 3.69. The summed E-state index contributed by atoms with van der Waals surface area (Å²) in [5.41, 5.74) is 1.19. The van der Waals surface area contributed by atoms with Crippen LogP contribution in [0, 0.1) is 6.92 Å². The maximum atomic E-state index is 4.68. The summed E-state index contributed by atoms with van der Waals surface area (Å²) in [5.74, 6) is 0.879. The summed E-state index contributed by atoms with van der Waals surface area (Å²) in [4.78, 5) is 7.14. The minimum Gasteiger partial charge on any atom is -0.357 e.